The zero-order chi connectivity index (χ0) is 29.4. The standard InChI is InChI=1S/C37H56NOPS/c1-35(2,3)41(39)38-34(27-22-23-31-32(26-27)37(6,7)25-24-36(31,4)5)30-20-14-15-21-33(30)40(28-16-10-8-11-17-28)29-18-12-9-13-19-29/h14-15,20-23,26,28-29,34,38H,8-13,16-19,24-25H2,1-7H3/t34-,41?/m1/s1. The molecular formula is C37H56NOPS. The van der Waals surface area contributed by atoms with E-state index >= 15 is 0 Å². The number of nitrogens with one attached hydrogen (secondary N) is 1. The van der Waals surface area contributed by atoms with Crippen LogP contribution in [-0.2, 0) is 21.8 Å². The highest BCUT2D eigenvalue weighted by Crippen LogP contribution is 2.56. The van der Waals surface area contributed by atoms with E-state index < -0.39 is 11.0 Å². The first-order chi connectivity index (χ1) is 19.4. The molecule has 2 fully saturated rings. The number of fused-ring (bicyclic) bond motifs is 1. The zero-order valence-electron chi connectivity index (χ0n) is 27.0. The minimum Gasteiger partial charge on any atom is -0.242 e. The molecule has 2 aromatic carbocycles. The van der Waals surface area contributed by atoms with E-state index in [0.29, 0.717) is 0 Å². The molecule has 0 aromatic heterocycles. The quantitative estimate of drug-likeness (QED) is 0.318. The number of hydrogen-bond acceptors (Lipinski definition) is 1. The van der Waals surface area contributed by atoms with E-state index in [-0.39, 0.29) is 29.5 Å². The number of benzene rings is 2. The topological polar surface area (TPSA) is 29.1 Å². The second-order valence-corrected chi connectivity index (χ2v) is 20.3. The third-order valence-corrected chi connectivity index (χ3v) is 15.6. The molecule has 4 heteroatoms. The average molecular weight is 594 g/mol. The lowest BCUT2D eigenvalue weighted by molar-refractivity contribution is 0.331. The normalized spacial score (nSPS) is 23.2. The Morgan fingerprint density at radius 1 is 0.780 bits per heavy atom. The van der Waals surface area contributed by atoms with Gasteiger partial charge in [-0.25, -0.2) is 8.93 Å². The Bertz CT molecular complexity index is 1200. The SMILES string of the molecule is CC1(C)CCC(C)(C)c2cc([C@@H](NS(=O)C(C)(C)C)c3ccccc3P(C3CCCCC3)C3CCCCC3)ccc21. The fourth-order valence-electron chi connectivity index (χ4n) is 7.76. The molecule has 0 aliphatic heterocycles. The van der Waals surface area contributed by atoms with Gasteiger partial charge in [0, 0.05) is 0 Å². The van der Waals surface area contributed by atoms with E-state index in [9.17, 15) is 4.21 Å². The van der Waals surface area contributed by atoms with Crippen LogP contribution in [0.4, 0.5) is 0 Å². The molecule has 0 amide bonds. The van der Waals surface area contributed by atoms with Crippen LogP contribution in [0.3, 0.4) is 0 Å². The lowest BCUT2D eigenvalue weighted by Gasteiger charge is -2.43. The Balaban J connectivity index is 1.65. The molecule has 5 rings (SSSR count). The number of hydrogen-bond donors (Lipinski definition) is 1. The zero-order valence-corrected chi connectivity index (χ0v) is 28.7. The maximum Gasteiger partial charge on any atom is 0.0979 e. The van der Waals surface area contributed by atoms with Gasteiger partial charge < -0.3 is 0 Å². The molecule has 3 aliphatic carbocycles. The van der Waals surface area contributed by atoms with Gasteiger partial charge in [0.25, 0.3) is 0 Å². The summed E-state index contributed by atoms with van der Waals surface area (Å²) >= 11 is 0. The van der Waals surface area contributed by atoms with Crippen LogP contribution in [0.2, 0.25) is 0 Å². The highest BCUT2D eigenvalue weighted by Gasteiger charge is 2.39. The van der Waals surface area contributed by atoms with Gasteiger partial charge in [0.05, 0.1) is 21.8 Å². The summed E-state index contributed by atoms with van der Waals surface area (Å²) < 4.78 is 17.2. The minimum absolute atomic E-state index is 0.0745. The summed E-state index contributed by atoms with van der Waals surface area (Å²) in [4.78, 5) is 0. The lowest BCUT2D eigenvalue weighted by atomic mass is 9.63. The van der Waals surface area contributed by atoms with E-state index in [1.165, 1.54) is 99.3 Å². The van der Waals surface area contributed by atoms with Crippen molar-refractivity contribution < 1.29 is 4.21 Å². The van der Waals surface area contributed by atoms with Crippen LogP contribution in [0.5, 0.6) is 0 Å². The summed E-state index contributed by atoms with van der Waals surface area (Å²) in [6, 6.07) is 16.6. The molecule has 3 aliphatic rings. The molecule has 1 N–H and O–H groups in total. The molecular weight excluding hydrogens is 537 g/mol. The number of rotatable bonds is 7. The van der Waals surface area contributed by atoms with Crippen LogP contribution in [0.1, 0.15) is 154 Å². The van der Waals surface area contributed by atoms with Crippen molar-refractivity contribution in [3.63, 3.8) is 0 Å². The molecule has 1 unspecified atom stereocenters. The van der Waals surface area contributed by atoms with Crippen molar-refractivity contribution >= 4 is 24.2 Å². The maximum atomic E-state index is 13.8. The van der Waals surface area contributed by atoms with Crippen LogP contribution in [0.15, 0.2) is 42.5 Å². The molecule has 0 heterocycles. The third kappa shape index (κ3) is 6.89. The lowest BCUT2D eigenvalue weighted by Crippen LogP contribution is -2.39. The Labute approximate surface area is 255 Å². The first kappa shape index (κ1) is 31.4. The predicted octanol–water partition coefficient (Wildman–Crippen LogP) is 9.95. The van der Waals surface area contributed by atoms with Crippen molar-refractivity contribution in [1.29, 1.82) is 0 Å². The van der Waals surface area contributed by atoms with Crippen LogP contribution in [0.25, 0.3) is 0 Å². The van der Waals surface area contributed by atoms with Gasteiger partial charge in [-0.3, -0.25) is 0 Å². The van der Waals surface area contributed by atoms with E-state index in [4.69, 9.17) is 0 Å². The van der Waals surface area contributed by atoms with E-state index in [0.717, 1.165) is 11.3 Å². The molecule has 2 atom stereocenters. The molecule has 0 spiro atoms. The van der Waals surface area contributed by atoms with Crippen LogP contribution in [-0.4, -0.2) is 20.3 Å². The van der Waals surface area contributed by atoms with Gasteiger partial charge in [-0.1, -0.05) is 117 Å². The summed E-state index contributed by atoms with van der Waals surface area (Å²) in [5.41, 5.74) is 7.65. The molecule has 2 nitrogen and oxygen atoms in total. The summed E-state index contributed by atoms with van der Waals surface area (Å²) in [6.45, 7) is 15.9. The van der Waals surface area contributed by atoms with Gasteiger partial charge in [0.2, 0.25) is 0 Å². The molecule has 226 valence electrons. The second kappa shape index (κ2) is 12.5. The smallest absolute Gasteiger partial charge is 0.0979 e. The van der Waals surface area contributed by atoms with Gasteiger partial charge in [0.1, 0.15) is 0 Å². The van der Waals surface area contributed by atoms with Crippen molar-refractivity contribution in [3.8, 4) is 0 Å². The van der Waals surface area contributed by atoms with Crippen molar-refractivity contribution in [2.45, 2.75) is 158 Å². The largest absolute Gasteiger partial charge is 0.242 e. The molecule has 0 saturated heterocycles. The molecule has 2 saturated carbocycles. The summed E-state index contributed by atoms with van der Waals surface area (Å²) in [7, 11) is -1.45. The van der Waals surface area contributed by atoms with Crippen molar-refractivity contribution in [1.82, 2.24) is 4.72 Å². The monoisotopic (exact) mass is 593 g/mol. The van der Waals surface area contributed by atoms with Crippen molar-refractivity contribution in [2.24, 2.45) is 0 Å². The fraction of sp³-hybridized carbons (Fsp3) is 0.676. The Hall–Kier alpha value is -1.02. The predicted molar refractivity (Wildman–Crippen MR) is 181 cm³/mol. The van der Waals surface area contributed by atoms with Crippen LogP contribution in [0, 0.1) is 0 Å². The Morgan fingerprint density at radius 2 is 1.32 bits per heavy atom. The highest BCUT2D eigenvalue weighted by molar-refractivity contribution is 7.84. The molecule has 41 heavy (non-hydrogen) atoms. The van der Waals surface area contributed by atoms with E-state index in [1.54, 1.807) is 5.30 Å². The first-order valence-corrected chi connectivity index (χ1v) is 19.2. The third-order valence-electron chi connectivity index (χ3n) is 10.5. The fourth-order valence-corrected chi connectivity index (χ4v) is 12.6. The van der Waals surface area contributed by atoms with Crippen LogP contribution >= 0.6 is 7.92 Å². The van der Waals surface area contributed by atoms with Gasteiger partial charge >= 0.3 is 0 Å². The Morgan fingerprint density at radius 3 is 1.88 bits per heavy atom. The summed E-state index contributed by atoms with van der Waals surface area (Å²) in [6.07, 6.45) is 16.4. The van der Waals surface area contributed by atoms with Crippen molar-refractivity contribution in [3.05, 3.63) is 64.7 Å². The summed E-state index contributed by atoms with van der Waals surface area (Å²) in [5.74, 6) is 0. The van der Waals surface area contributed by atoms with Gasteiger partial charge in [-0.15, -0.1) is 0 Å². The van der Waals surface area contributed by atoms with Gasteiger partial charge in [-0.2, -0.15) is 0 Å². The molecule has 0 radical (unpaired) electrons. The second-order valence-electron chi connectivity index (χ2n) is 15.6. The van der Waals surface area contributed by atoms with Crippen LogP contribution < -0.4 is 10.0 Å². The average Bonchev–Trinajstić information content (AvgIpc) is 2.95. The van der Waals surface area contributed by atoms with E-state index in [2.05, 4.69) is 95.7 Å². The Kier molecular flexibility index (Phi) is 9.60. The highest BCUT2D eigenvalue weighted by atomic mass is 32.2. The molecule has 0 bridgehead atoms. The summed E-state index contributed by atoms with van der Waals surface area (Å²) in [5, 5.41) is 1.60. The van der Waals surface area contributed by atoms with Gasteiger partial charge in [0.15, 0.2) is 0 Å². The van der Waals surface area contributed by atoms with E-state index in [1.807, 2.05) is 0 Å². The molecule has 2 aromatic rings. The van der Waals surface area contributed by atoms with Gasteiger partial charge in [-0.05, 0) is 109 Å². The first-order valence-electron chi connectivity index (χ1n) is 16.6. The minimum atomic E-state index is -1.18. The maximum absolute atomic E-state index is 13.8. The van der Waals surface area contributed by atoms with Crippen molar-refractivity contribution in [2.75, 3.05) is 0 Å².